The minimum atomic E-state index is -0.349. The average molecular weight is 365 g/mol. The number of ether oxygens (including phenoxy) is 1. The molecular formula is C17H23N3O4S. The first-order valence-electron chi connectivity index (χ1n) is 8.43. The van der Waals surface area contributed by atoms with Gasteiger partial charge in [0.25, 0.3) is 5.91 Å². The van der Waals surface area contributed by atoms with Crippen molar-refractivity contribution in [3.63, 3.8) is 0 Å². The highest BCUT2D eigenvalue weighted by Gasteiger charge is 2.38. The van der Waals surface area contributed by atoms with Gasteiger partial charge in [-0.05, 0) is 37.2 Å². The Morgan fingerprint density at radius 1 is 1.36 bits per heavy atom. The number of hydrogen-bond acceptors (Lipinski definition) is 5. The maximum atomic E-state index is 12.1. The van der Waals surface area contributed by atoms with Crippen molar-refractivity contribution in [2.75, 3.05) is 26.2 Å². The Kier molecular flexibility index (Phi) is 4.99. The molecule has 2 amide bonds. The number of cyclic esters (lactones) is 1. The van der Waals surface area contributed by atoms with E-state index in [1.165, 1.54) is 6.26 Å². The van der Waals surface area contributed by atoms with Gasteiger partial charge in [-0.3, -0.25) is 10.1 Å². The van der Waals surface area contributed by atoms with Crippen molar-refractivity contribution in [1.82, 2.24) is 15.1 Å². The van der Waals surface area contributed by atoms with E-state index >= 15 is 0 Å². The third-order valence-corrected chi connectivity index (χ3v) is 4.94. The van der Waals surface area contributed by atoms with Crippen molar-refractivity contribution in [1.29, 1.82) is 0 Å². The van der Waals surface area contributed by atoms with Gasteiger partial charge in [0, 0.05) is 31.1 Å². The van der Waals surface area contributed by atoms with Crippen molar-refractivity contribution in [3.8, 4) is 0 Å². The van der Waals surface area contributed by atoms with Crippen LogP contribution in [0.4, 0.5) is 4.79 Å². The van der Waals surface area contributed by atoms with Crippen LogP contribution in [0.2, 0.25) is 0 Å². The first-order valence-corrected chi connectivity index (χ1v) is 8.84. The number of piperidine rings is 1. The van der Waals surface area contributed by atoms with Crippen LogP contribution in [0.25, 0.3) is 0 Å². The third kappa shape index (κ3) is 4.12. The normalized spacial score (nSPS) is 21.0. The highest BCUT2D eigenvalue weighted by atomic mass is 32.1. The Morgan fingerprint density at radius 3 is 2.72 bits per heavy atom. The smallest absolute Gasteiger partial charge is 0.410 e. The second-order valence-electron chi connectivity index (χ2n) is 7.30. The number of likely N-dealkylation sites (tertiary alicyclic amines) is 1. The lowest BCUT2D eigenvalue weighted by atomic mass is 9.91. The zero-order valence-electron chi connectivity index (χ0n) is 14.5. The molecule has 0 bridgehead atoms. The Hall–Kier alpha value is -2.09. The number of rotatable bonds is 2. The Labute approximate surface area is 152 Å². The van der Waals surface area contributed by atoms with E-state index < -0.39 is 0 Å². The molecule has 1 aromatic rings. The zero-order valence-corrected chi connectivity index (χ0v) is 15.3. The fraction of sp³-hybridized carbons (Fsp3) is 0.588. The van der Waals surface area contributed by atoms with Crippen LogP contribution >= 0.6 is 12.2 Å². The summed E-state index contributed by atoms with van der Waals surface area (Å²) in [6.45, 7) is 6.74. The minimum absolute atomic E-state index is 0.0304. The summed E-state index contributed by atoms with van der Waals surface area (Å²) in [4.78, 5) is 27.9. The van der Waals surface area contributed by atoms with Gasteiger partial charge in [0.2, 0.25) is 0 Å². The summed E-state index contributed by atoms with van der Waals surface area (Å²) in [5.74, 6) is -0.117. The number of carbonyl (C=O) groups excluding carboxylic acids is 2. The lowest BCUT2D eigenvalue weighted by Gasteiger charge is -2.44. The minimum Gasteiger partial charge on any atom is -0.459 e. The molecule has 0 aromatic carbocycles. The fourth-order valence-electron chi connectivity index (χ4n) is 3.22. The van der Waals surface area contributed by atoms with Gasteiger partial charge < -0.3 is 19.0 Å². The summed E-state index contributed by atoms with van der Waals surface area (Å²) in [6, 6.07) is 3.39. The first kappa shape index (κ1) is 17.7. The molecule has 2 fully saturated rings. The predicted octanol–water partition coefficient (Wildman–Crippen LogP) is 2.24. The zero-order chi connectivity index (χ0) is 18.0. The lowest BCUT2D eigenvalue weighted by Crippen LogP contribution is -2.56. The van der Waals surface area contributed by atoms with E-state index in [0.29, 0.717) is 31.4 Å². The standard InChI is InChI=1S/C17H23N3O4S/c1-17(2)10-20(16(22)24-11-17)12-5-7-19(8-6-12)15(25)18-14(21)13-4-3-9-23-13/h3-4,9,12H,5-8,10-11H2,1-2H3,(H,18,21,25). The summed E-state index contributed by atoms with van der Waals surface area (Å²) < 4.78 is 10.4. The number of furan rings is 1. The fourth-order valence-corrected chi connectivity index (χ4v) is 3.49. The van der Waals surface area contributed by atoms with Crippen LogP contribution in [-0.4, -0.2) is 59.2 Å². The quantitative estimate of drug-likeness (QED) is 0.810. The maximum Gasteiger partial charge on any atom is 0.410 e. The van der Waals surface area contributed by atoms with Crippen LogP contribution in [0, 0.1) is 5.41 Å². The largest absolute Gasteiger partial charge is 0.459 e. The van der Waals surface area contributed by atoms with Crippen LogP contribution in [0.5, 0.6) is 0 Å². The average Bonchev–Trinajstić information content (AvgIpc) is 3.12. The van der Waals surface area contributed by atoms with Crippen molar-refractivity contribution in [3.05, 3.63) is 24.2 Å². The van der Waals surface area contributed by atoms with Gasteiger partial charge >= 0.3 is 6.09 Å². The molecule has 2 aliphatic heterocycles. The van der Waals surface area contributed by atoms with E-state index in [-0.39, 0.29) is 29.2 Å². The van der Waals surface area contributed by atoms with E-state index in [1.807, 2.05) is 9.80 Å². The summed E-state index contributed by atoms with van der Waals surface area (Å²) in [5.41, 5.74) is -0.0304. The van der Waals surface area contributed by atoms with Gasteiger partial charge in [-0.2, -0.15) is 0 Å². The molecule has 0 unspecified atom stereocenters. The van der Waals surface area contributed by atoms with Crippen LogP contribution in [0.3, 0.4) is 0 Å². The highest BCUT2D eigenvalue weighted by Crippen LogP contribution is 2.28. The van der Waals surface area contributed by atoms with Crippen molar-refractivity contribution < 1.29 is 18.7 Å². The molecule has 25 heavy (non-hydrogen) atoms. The molecule has 0 radical (unpaired) electrons. The number of carbonyl (C=O) groups is 2. The van der Waals surface area contributed by atoms with E-state index in [9.17, 15) is 9.59 Å². The predicted molar refractivity (Wildman–Crippen MR) is 95.2 cm³/mol. The molecule has 8 heteroatoms. The number of nitrogens with one attached hydrogen (secondary N) is 1. The summed E-state index contributed by atoms with van der Waals surface area (Å²) in [7, 11) is 0. The van der Waals surface area contributed by atoms with E-state index in [2.05, 4.69) is 19.2 Å². The molecule has 0 spiro atoms. The van der Waals surface area contributed by atoms with Crippen LogP contribution in [0.1, 0.15) is 37.2 Å². The van der Waals surface area contributed by atoms with Gasteiger partial charge in [0.1, 0.15) is 0 Å². The molecule has 1 N–H and O–H groups in total. The molecular weight excluding hydrogens is 342 g/mol. The molecule has 3 rings (SSSR count). The molecule has 2 aliphatic rings. The van der Waals surface area contributed by atoms with Gasteiger partial charge in [-0.1, -0.05) is 13.8 Å². The van der Waals surface area contributed by atoms with Crippen molar-refractivity contribution >= 4 is 29.3 Å². The topological polar surface area (TPSA) is 75.0 Å². The second kappa shape index (κ2) is 7.03. The van der Waals surface area contributed by atoms with Crippen LogP contribution < -0.4 is 5.32 Å². The first-order chi connectivity index (χ1) is 11.9. The number of thiocarbonyl (C=S) groups is 1. The maximum absolute atomic E-state index is 12.1. The highest BCUT2D eigenvalue weighted by molar-refractivity contribution is 7.80. The van der Waals surface area contributed by atoms with Crippen LogP contribution in [0.15, 0.2) is 22.8 Å². The van der Waals surface area contributed by atoms with E-state index in [1.54, 1.807) is 12.1 Å². The van der Waals surface area contributed by atoms with Crippen LogP contribution in [-0.2, 0) is 4.74 Å². The van der Waals surface area contributed by atoms with E-state index in [0.717, 1.165) is 12.8 Å². The SMILES string of the molecule is CC1(C)COC(=O)N(C2CCN(C(=S)NC(=O)c3ccco3)CC2)C1. The Morgan fingerprint density at radius 2 is 2.08 bits per heavy atom. The summed E-state index contributed by atoms with van der Waals surface area (Å²) >= 11 is 5.33. The molecule has 7 nitrogen and oxygen atoms in total. The monoisotopic (exact) mass is 365 g/mol. The summed E-state index contributed by atoms with van der Waals surface area (Å²) in [5, 5.41) is 3.08. The number of amides is 2. The van der Waals surface area contributed by atoms with Crippen molar-refractivity contribution in [2.24, 2.45) is 5.41 Å². The van der Waals surface area contributed by atoms with Gasteiger partial charge in [-0.25, -0.2) is 4.79 Å². The number of hydrogen-bond donors (Lipinski definition) is 1. The van der Waals surface area contributed by atoms with Gasteiger partial charge in [-0.15, -0.1) is 0 Å². The number of nitrogens with zero attached hydrogens (tertiary/aromatic N) is 2. The molecule has 0 saturated carbocycles. The molecule has 136 valence electrons. The Balaban J connectivity index is 1.52. The van der Waals surface area contributed by atoms with Crippen molar-refractivity contribution in [2.45, 2.75) is 32.7 Å². The third-order valence-electron chi connectivity index (χ3n) is 4.58. The van der Waals surface area contributed by atoms with Gasteiger partial charge in [0.15, 0.2) is 10.9 Å². The molecule has 3 heterocycles. The van der Waals surface area contributed by atoms with Gasteiger partial charge in [0.05, 0.1) is 12.9 Å². The second-order valence-corrected chi connectivity index (χ2v) is 7.69. The summed E-state index contributed by atoms with van der Waals surface area (Å²) in [6.07, 6.45) is 2.80. The lowest BCUT2D eigenvalue weighted by molar-refractivity contribution is -0.0134. The molecule has 1 aromatic heterocycles. The molecule has 0 aliphatic carbocycles. The molecule has 0 atom stereocenters. The molecule has 2 saturated heterocycles. The van der Waals surface area contributed by atoms with E-state index in [4.69, 9.17) is 21.4 Å². The Bertz CT molecular complexity index is 651.